The summed E-state index contributed by atoms with van der Waals surface area (Å²) in [6.45, 7) is 12.9. The van der Waals surface area contributed by atoms with Crippen LogP contribution in [0.4, 0.5) is 5.69 Å². The summed E-state index contributed by atoms with van der Waals surface area (Å²) in [4.78, 5) is 5.07. The van der Waals surface area contributed by atoms with Gasteiger partial charge in [-0.1, -0.05) is 12.1 Å². The van der Waals surface area contributed by atoms with Crippen LogP contribution in [-0.4, -0.2) is 64.4 Å². The highest BCUT2D eigenvalue weighted by Crippen LogP contribution is 2.23. The van der Waals surface area contributed by atoms with Gasteiger partial charge in [0.2, 0.25) is 0 Å². The summed E-state index contributed by atoms with van der Waals surface area (Å²) in [7, 11) is 1.74. The number of hydrogen-bond acceptors (Lipinski definition) is 4. The molecule has 1 aromatic rings. The van der Waals surface area contributed by atoms with Gasteiger partial charge in [-0.3, -0.25) is 4.90 Å². The van der Waals surface area contributed by atoms with Crippen LogP contribution in [0.5, 0.6) is 0 Å². The predicted molar refractivity (Wildman–Crippen MR) is 89.3 cm³/mol. The van der Waals surface area contributed by atoms with E-state index in [0.29, 0.717) is 0 Å². The number of hydrogen-bond donors (Lipinski definition) is 1. The minimum atomic E-state index is 0.792. The molecule has 1 heterocycles. The van der Waals surface area contributed by atoms with Gasteiger partial charge in [0.15, 0.2) is 0 Å². The van der Waals surface area contributed by atoms with Gasteiger partial charge >= 0.3 is 0 Å². The Morgan fingerprint density at radius 2 is 1.86 bits per heavy atom. The molecule has 0 aromatic heterocycles. The molecule has 0 radical (unpaired) electrons. The first-order valence-corrected chi connectivity index (χ1v) is 7.95. The third-order valence-corrected chi connectivity index (χ3v) is 4.38. The standard InChI is InChI=1S/C17H29N3O/c1-15-5-4-6-17(16(15)2)20-12-10-19(11-13-20)9-7-18-8-14-21-3/h4-6,18H,7-14H2,1-3H3. The van der Waals surface area contributed by atoms with Crippen molar-refractivity contribution in [3.63, 3.8) is 0 Å². The molecule has 1 fully saturated rings. The van der Waals surface area contributed by atoms with Crippen molar-refractivity contribution in [3.8, 4) is 0 Å². The van der Waals surface area contributed by atoms with E-state index in [1.165, 1.54) is 16.8 Å². The highest BCUT2D eigenvalue weighted by Gasteiger charge is 2.18. The Balaban J connectivity index is 1.74. The van der Waals surface area contributed by atoms with Gasteiger partial charge in [-0.05, 0) is 31.0 Å². The molecule has 0 unspecified atom stereocenters. The smallest absolute Gasteiger partial charge is 0.0587 e. The minimum absolute atomic E-state index is 0.792. The first kappa shape index (κ1) is 16.3. The minimum Gasteiger partial charge on any atom is -0.383 e. The molecule has 0 spiro atoms. The van der Waals surface area contributed by atoms with Crippen molar-refractivity contribution in [2.45, 2.75) is 13.8 Å². The summed E-state index contributed by atoms with van der Waals surface area (Å²) < 4.78 is 5.03. The SMILES string of the molecule is COCCNCCN1CCN(c2cccc(C)c2C)CC1. The molecule has 0 bridgehead atoms. The van der Waals surface area contributed by atoms with Crippen molar-refractivity contribution < 1.29 is 4.74 Å². The van der Waals surface area contributed by atoms with Gasteiger partial charge in [-0.15, -0.1) is 0 Å². The third kappa shape index (κ3) is 4.70. The van der Waals surface area contributed by atoms with Crippen molar-refractivity contribution in [1.82, 2.24) is 10.2 Å². The summed E-state index contributed by atoms with van der Waals surface area (Å²) in [5.41, 5.74) is 4.22. The molecule has 0 atom stereocenters. The molecular formula is C17H29N3O. The van der Waals surface area contributed by atoms with Crippen LogP contribution in [0.3, 0.4) is 0 Å². The molecule has 1 saturated heterocycles. The summed E-state index contributed by atoms with van der Waals surface area (Å²) in [6, 6.07) is 6.62. The van der Waals surface area contributed by atoms with Crippen LogP contribution >= 0.6 is 0 Å². The first-order chi connectivity index (χ1) is 10.2. The normalized spacial score (nSPS) is 16.4. The van der Waals surface area contributed by atoms with E-state index in [2.05, 4.69) is 47.2 Å². The quantitative estimate of drug-likeness (QED) is 0.773. The molecule has 1 aliphatic rings. The highest BCUT2D eigenvalue weighted by atomic mass is 16.5. The van der Waals surface area contributed by atoms with Gasteiger partial charge in [-0.2, -0.15) is 0 Å². The average molecular weight is 291 g/mol. The van der Waals surface area contributed by atoms with Crippen LogP contribution in [0.1, 0.15) is 11.1 Å². The summed E-state index contributed by atoms with van der Waals surface area (Å²) in [5.74, 6) is 0. The fourth-order valence-electron chi connectivity index (χ4n) is 2.83. The van der Waals surface area contributed by atoms with Crippen molar-refractivity contribution in [2.24, 2.45) is 0 Å². The first-order valence-electron chi connectivity index (χ1n) is 7.95. The van der Waals surface area contributed by atoms with Gasteiger partial charge in [0, 0.05) is 58.6 Å². The van der Waals surface area contributed by atoms with Crippen LogP contribution < -0.4 is 10.2 Å². The second kappa shape index (κ2) is 8.37. The van der Waals surface area contributed by atoms with E-state index in [9.17, 15) is 0 Å². The number of anilines is 1. The molecule has 1 aliphatic heterocycles. The van der Waals surface area contributed by atoms with Crippen LogP contribution in [0.2, 0.25) is 0 Å². The van der Waals surface area contributed by atoms with Crippen LogP contribution in [0.25, 0.3) is 0 Å². The van der Waals surface area contributed by atoms with Gasteiger partial charge in [0.1, 0.15) is 0 Å². The maximum absolute atomic E-state index is 5.03. The number of methoxy groups -OCH3 is 1. The largest absolute Gasteiger partial charge is 0.383 e. The van der Waals surface area contributed by atoms with Crippen molar-refractivity contribution in [2.75, 3.05) is 64.4 Å². The van der Waals surface area contributed by atoms with Crippen LogP contribution in [0.15, 0.2) is 18.2 Å². The number of piperazine rings is 1. The summed E-state index contributed by atoms with van der Waals surface area (Å²) >= 11 is 0. The van der Waals surface area contributed by atoms with Gasteiger partial charge in [0.25, 0.3) is 0 Å². The molecule has 21 heavy (non-hydrogen) atoms. The zero-order valence-corrected chi connectivity index (χ0v) is 13.7. The van der Waals surface area contributed by atoms with Crippen LogP contribution in [0, 0.1) is 13.8 Å². The molecule has 0 saturated carbocycles. The average Bonchev–Trinajstić information content (AvgIpc) is 2.51. The fraction of sp³-hybridized carbons (Fsp3) is 0.647. The Hall–Kier alpha value is -1.10. The second-order valence-corrected chi connectivity index (χ2v) is 5.79. The molecule has 0 aliphatic carbocycles. The summed E-state index contributed by atoms with van der Waals surface area (Å²) in [6.07, 6.45) is 0. The Bertz CT molecular complexity index is 428. The van der Waals surface area contributed by atoms with Crippen molar-refractivity contribution in [1.29, 1.82) is 0 Å². The van der Waals surface area contributed by atoms with Crippen LogP contribution in [-0.2, 0) is 4.74 Å². The van der Waals surface area contributed by atoms with E-state index in [0.717, 1.165) is 52.4 Å². The zero-order valence-electron chi connectivity index (χ0n) is 13.7. The van der Waals surface area contributed by atoms with Gasteiger partial charge in [-0.25, -0.2) is 0 Å². The van der Waals surface area contributed by atoms with Crippen molar-refractivity contribution in [3.05, 3.63) is 29.3 Å². The van der Waals surface area contributed by atoms with E-state index >= 15 is 0 Å². The van der Waals surface area contributed by atoms with E-state index in [4.69, 9.17) is 4.74 Å². The topological polar surface area (TPSA) is 27.7 Å². The lowest BCUT2D eigenvalue weighted by Gasteiger charge is -2.37. The maximum atomic E-state index is 5.03. The zero-order chi connectivity index (χ0) is 15.1. The number of aryl methyl sites for hydroxylation is 1. The molecular weight excluding hydrogens is 262 g/mol. The highest BCUT2D eigenvalue weighted by molar-refractivity contribution is 5.56. The molecule has 4 nitrogen and oxygen atoms in total. The summed E-state index contributed by atoms with van der Waals surface area (Å²) in [5, 5.41) is 3.41. The van der Waals surface area contributed by atoms with Gasteiger partial charge in [0.05, 0.1) is 6.61 Å². The lowest BCUT2D eigenvalue weighted by Crippen LogP contribution is -2.48. The Morgan fingerprint density at radius 3 is 2.57 bits per heavy atom. The Labute approximate surface area is 129 Å². The monoisotopic (exact) mass is 291 g/mol. The second-order valence-electron chi connectivity index (χ2n) is 5.79. The number of rotatable bonds is 7. The number of ether oxygens (including phenoxy) is 1. The van der Waals surface area contributed by atoms with E-state index in [-0.39, 0.29) is 0 Å². The molecule has 1 N–H and O–H groups in total. The third-order valence-electron chi connectivity index (χ3n) is 4.38. The molecule has 4 heteroatoms. The lowest BCUT2D eigenvalue weighted by atomic mass is 10.1. The predicted octanol–water partition coefficient (Wildman–Crippen LogP) is 1.66. The van der Waals surface area contributed by atoms with E-state index in [1.54, 1.807) is 7.11 Å². The molecule has 118 valence electrons. The number of nitrogens with zero attached hydrogens (tertiary/aromatic N) is 2. The number of benzene rings is 1. The van der Waals surface area contributed by atoms with E-state index in [1.807, 2.05) is 0 Å². The Kier molecular flexibility index (Phi) is 6.49. The lowest BCUT2D eigenvalue weighted by molar-refractivity contribution is 0.195. The van der Waals surface area contributed by atoms with Crippen molar-refractivity contribution >= 4 is 5.69 Å². The Morgan fingerprint density at radius 1 is 1.10 bits per heavy atom. The van der Waals surface area contributed by atoms with Gasteiger partial charge < -0.3 is 15.0 Å². The molecule has 1 aromatic carbocycles. The molecule has 2 rings (SSSR count). The maximum Gasteiger partial charge on any atom is 0.0587 e. The number of nitrogens with one attached hydrogen (secondary N) is 1. The fourth-order valence-corrected chi connectivity index (χ4v) is 2.83. The molecule has 0 amide bonds. The van der Waals surface area contributed by atoms with E-state index < -0.39 is 0 Å².